The number of rotatable bonds is 2. The second kappa shape index (κ2) is 5.48. The lowest BCUT2D eigenvalue weighted by Crippen LogP contribution is -2.50. The van der Waals surface area contributed by atoms with E-state index in [1.807, 2.05) is 6.08 Å². The first-order valence-corrected chi connectivity index (χ1v) is 7.43. The van der Waals surface area contributed by atoms with Gasteiger partial charge in [0.2, 0.25) is 0 Å². The minimum Gasteiger partial charge on any atom is -0.304 e. The molecule has 0 saturated carbocycles. The monoisotopic (exact) mass is 256 g/mol. The molecule has 2 heteroatoms. The molecule has 3 rings (SSSR count). The number of hydrogen-bond acceptors (Lipinski definition) is 2. The lowest BCUT2D eigenvalue weighted by molar-refractivity contribution is 0.104. The summed E-state index contributed by atoms with van der Waals surface area (Å²) in [6, 6.07) is 7.60. The van der Waals surface area contributed by atoms with Gasteiger partial charge in [0.05, 0.1) is 0 Å². The zero-order valence-electron chi connectivity index (χ0n) is 11.9. The lowest BCUT2D eigenvalue weighted by Gasteiger charge is -2.40. The van der Waals surface area contributed by atoms with Crippen molar-refractivity contribution in [3.05, 3.63) is 41.5 Å². The van der Waals surface area contributed by atoms with Gasteiger partial charge < -0.3 is 4.90 Å². The van der Waals surface area contributed by atoms with Crippen molar-refractivity contribution >= 4 is 6.08 Å². The third-order valence-electron chi connectivity index (χ3n) is 4.72. The molecular weight excluding hydrogens is 232 g/mol. The summed E-state index contributed by atoms with van der Waals surface area (Å²) in [5, 5.41) is 0. The molecule has 102 valence electrons. The van der Waals surface area contributed by atoms with Crippen LogP contribution in [0.4, 0.5) is 0 Å². The van der Waals surface area contributed by atoms with Gasteiger partial charge in [0.15, 0.2) is 0 Å². The van der Waals surface area contributed by atoms with Crippen LogP contribution in [0.1, 0.15) is 23.1 Å². The van der Waals surface area contributed by atoms with Crippen molar-refractivity contribution in [1.29, 1.82) is 0 Å². The van der Waals surface area contributed by atoms with Crippen molar-refractivity contribution in [2.75, 3.05) is 33.2 Å². The highest BCUT2D eigenvalue weighted by Gasteiger charge is 2.26. The Bertz CT molecular complexity index is 458. The van der Waals surface area contributed by atoms with Crippen LogP contribution in [-0.2, 0) is 12.8 Å². The summed E-state index contributed by atoms with van der Waals surface area (Å²) in [5.74, 6) is 0. The van der Waals surface area contributed by atoms with E-state index in [9.17, 15) is 0 Å². The first kappa shape index (κ1) is 12.9. The summed E-state index contributed by atoms with van der Waals surface area (Å²) in [6.45, 7) is 8.78. The lowest BCUT2D eigenvalue weighted by atomic mass is 9.86. The summed E-state index contributed by atoms with van der Waals surface area (Å²) in [5.41, 5.74) is 4.36. The summed E-state index contributed by atoms with van der Waals surface area (Å²) >= 11 is 0. The average Bonchev–Trinajstić information content (AvgIpc) is 2.47. The van der Waals surface area contributed by atoms with Crippen LogP contribution in [0.15, 0.2) is 24.8 Å². The molecule has 2 aliphatic rings. The largest absolute Gasteiger partial charge is 0.304 e. The van der Waals surface area contributed by atoms with E-state index in [0.29, 0.717) is 0 Å². The highest BCUT2D eigenvalue weighted by molar-refractivity contribution is 5.50. The average molecular weight is 256 g/mol. The van der Waals surface area contributed by atoms with Crippen molar-refractivity contribution in [1.82, 2.24) is 9.80 Å². The molecule has 1 heterocycles. The van der Waals surface area contributed by atoms with Crippen LogP contribution < -0.4 is 0 Å². The molecule has 1 saturated heterocycles. The fourth-order valence-corrected chi connectivity index (χ4v) is 3.38. The SMILES string of the molecule is C=Cc1ccc2c(c1)CCC(N1CCN(C)CC1)C2. The molecular formula is C17H24N2. The molecule has 1 atom stereocenters. The van der Waals surface area contributed by atoms with Gasteiger partial charge in [-0.2, -0.15) is 0 Å². The molecule has 1 aromatic carbocycles. The molecule has 2 nitrogen and oxygen atoms in total. The van der Waals surface area contributed by atoms with E-state index in [1.54, 1.807) is 11.1 Å². The van der Waals surface area contributed by atoms with Crippen molar-refractivity contribution in [2.45, 2.75) is 25.3 Å². The van der Waals surface area contributed by atoms with Crippen LogP contribution in [0.3, 0.4) is 0 Å². The minimum absolute atomic E-state index is 0.760. The number of aryl methyl sites for hydroxylation is 1. The third kappa shape index (κ3) is 2.75. The summed E-state index contributed by atoms with van der Waals surface area (Å²) in [6.07, 6.45) is 5.73. The first-order chi connectivity index (χ1) is 9.26. The zero-order valence-corrected chi connectivity index (χ0v) is 11.9. The molecule has 0 spiro atoms. The minimum atomic E-state index is 0.760. The van der Waals surface area contributed by atoms with E-state index in [-0.39, 0.29) is 0 Å². The number of benzene rings is 1. The van der Waals surface area contributed by atoms with Gasteiger partial charge in [0.25, 0.3) is 0 Å². The highest BCUT2D eigenvalue weighted by Crippen LogP contribution is 2.26. The van der Waals surface area contributed by atoms with E-state index >= 15 is 0 Å². The molecule has 0 aromatic heterocycles. The van der Waals surface area contributed by atoms with Gasteiger partial charge in [0, 0.05) is 32.2 Å². The molecule has 1 aliphatic heterocycles. The first-order valence-electron chi connectivity index (χ1n) is 7.43. The maximum atomic E-state index is 3.86. The number of nitrogens with zero attached hydrogens (tertiary/aromatic N) is 2. The Morgan fingerprint density at radius 3 is 2.68 bits per heavy atom. The van der Waals surface area contributed by atoms with Crippen LogP contribution in [0.5, 0.6) is 0 Å². The Hall–Kier alpha value is -1.12. The molecule has 1 aliphatic carbocycles. The van der Waals surface area contributed by atoms with E-state index in [1.165, 1.54) is 51.0 Å². The van der Waals surface area contributed by atoms with Gasteiger partial charge in [-0.15, -0.1) is 0 Å². The van der Waals surface area contributed by atoms with Crippen LogP contribution in [0.2, 0.25) is 0 Å². The molecule has 1 unspecified atom stereocenters. The number of fused-ring (bicyclic) bond motifs is 1. The predicted octanol–water partition coefficient (Wildman–Crippen LogP) is 2.43. The second-order valence-corrected chi connectivity index (χ2v) is 5.97. The molecule has 0 amide bonds. The van der Waals surface area contributed by atoms with Crippen molar-refractivity contribution in [3.8, 4) is 0 Å². The second-order valence-electron chi connectivity index (χ2n) is 5.97. The van der Waals surface area contributed by atoms with Crippen LogP contribution in [-0.4, -0.2) is 49.1 Å². The van der Waals surface area contributed by atoms with Gasteiger partial charge in [-0.3, -0.25) is 4.90 Å². The fraction of sp³-hybridized carbons (Fsp3) is 0.529. The van der Waals surface area contributed by atoms with E-state index in [4.69, 9.17) is 0 Å². The van der Waals surface area contributed by atoms with Gasteiger partial charge in [-0.25, -0.2) is 0 Å². The Balaban J connectivity index is 1.70. The normalized spacial score (nSPS) is 25.0. The van der Waals surface area contributed by atoms with Gasteiger partial charge in [-0.1, -0.05) is 30.9 Å². The van der Waals surface area contributed by atoms with Gasteiger partial charge in [0.1, 0.15) is 0 Å². The molecule has 0 N–H and O–H groups in total. The smallest absolute Gasteiger partial charge is 0.0140 e. The van der Waals surface area contributed by atoms with E-state index in [2.05, 4.69) is 41.6 Å². The fourth-order valence-electron chi connectivity index (χ4n) is 3.38. The summed E-state index contributed by atoms with van der Waals surface area (Å²) < 4.78 is 0. The van der Waals surface area contributed by atoms with Gasteiger partial charge >= 0.3 is 0 Å². The van der Waals surface area contributed by atoms with Crippen molar-refractivity contribution in [3.63, 3.8) is 0 Å². The standard InChI is InChI=1S/C17H24N2/c1-3-14-4-5-16-13-17(7-6-15(16)12-14)19-10-8-18(2)9-11-19/h3-5,12,17H,1,6-11,13H2,2H3. The zero-order chi connectivity index (χ0) is 13.2. The Labute approximate surface area is 116 Å². The molecule has 19 heavy (non-hydrogen) atoms. The number of likely N-dealkylation sites (N-methyl/N-ethyl adjacent to an activating group) is 1. The summed E-state index contributed by atoms with van der Waals surface area (Å²) in [7, 11) is 2.23. The maximum Gasteiger partial charge on any atom is 0.0140 e. The Kier molecular flexibility index (Phi) is 3.72. The van der Waals surface area contributed by atoms with Crippen molar-refractivity contribution in [2.24, 2.45) is 0 Å². The molecule has 0 radical (unpaired) electrons. The maximum absolute atomic E-state index is 3.86. The van der Waals surface area contributed by atoms with Gasteiger partial charge in [-0.05, 0) is 43.0 Å². The topological polar surface area (TPSA) is 6.48 Å². The Morgan fingerprint density at radius 2 is 1.95 bits per heavy atom. The number of hydrogen-bond donors (Lipinski definition) is 0. The van der Waals surface area contributed by atoms with Crippen LogP contribution >= 0.6 is 0 Å². The van der Waals surface area contributed by atoms with E-state index in [0.717, 1.165) is 6.04 Å². The molecule has 0 bridgehead atoms. The molecule has 1 aromatic rings. The van der Waals surface area contributed by atoms with Crippen LogP contribution in [0, 0.1) is 0 Å². The predicted molar refractivity (Wildman–Crippen MR) is 81.4 cm³/mol. The van der Waals surface area contributed by atoms with E-state index < -0.39 is 0 Å². The summed E-state index contributed by atoms with van der Waals surface area (Å²) in [4.78, 5) is 5.13. The number of piperazine rings is 1. The van der Waals surface area contributed by atoms with Crippen LogP contribution in [0.25, 0.3) is 6.08 Å². The Morgan fingerprint density at radius 1 is 1.16 bits per heavy atom. The van der Waals surface area contributed by atoms with Crippen molar-refractivity contribution < 1.29 is 0 Å². The third-order valence-corrected chi connectivity index (χ3v) is 4.72. The highest BCUT2D eigenvalue weighted by atomic mass is 15.3. The quantitative estimate of drug-likeness (QED) is 0.802. The molecule has 1 fully saturated rings.